The van der Waals surface area contributed by atoms with Crippen LogP contribution in [0.1, 0.15) is 53.3 Å². The number of carbonyl (C=O) groups excluding carboxylic acids is 1. The predicted molar refractivity (Wildman–Crippen MR) is 136 cm³/mol. The third kappa shape index (κ3) is 5.47. The number of halogens is 3. The van der Waals surface area contributed by atoms with Gasteiger partial charge in [-0.3, -0.25) is 9.20 Å². The van der Waals surface area contributed by atoms with E-state index in [1.807, 2.05) is 4.40 Å². The van der Waals surface area contributed by atoms with E-state index in [1.165, 1.54) is 12.1 Å². The summed E-state index contributed by atoms with van der Waals surface area (Å²) in [5.41, 5.74) is 7.31. The van der Waals surface area contributed by atoms with E-state index >= 15 is 0 Å². The number of carboxylic acid groups (broad SMARTS) is 1. The van der Waals surface area contributed by atoms with Crippen molar-refractivity contribution in [2.75, 3.05) is 11.1 Å². The molecule has 4 aromatic rings. The van der Waals surface area contributed by atoms with E-state index in [2.05, 4.69) is 20.6 Å². The Hall–Kier alpha value is -4.68. The number of hydrogen-bond donors (Lipinski definition) is 4. The summed E-state index contributed by atoms with van der Waals surface area (Å²) in [7, 11) is 0. The van der Waals surface area contributed by atoms with Gasteiger partial charge in [-0.05, 0) is 43.5 Å². The first kappa shape index (κ1) is 25.9. The van der Waals surface area contributed by atoms with Gasteiger partial charge < -0.3 is 21.5 Å². The SMILES string of the molecule is Nc1nccn2c([C@@H]3CCC[C@H](NC(=O)O)C3)nc(-c3ccc(C(=O)Nc4cc(C(F)(F)F)ccn4)cc3)c12. The summed E-state index contributed by atoms with van der Waals surface area (Å²) in [4.78, 5) is 36.7. The molecule has 39 heavy (non-hydrogen) atoms. The molecule has 1 saturated carbocycles. The van der Waals surface area contributed by atoms with E-state index < -0.39 is 23.7 Å². The molecule has 0 aliphatic heterocycles. The molecule has 3 heterocycles. The lowest BCUT2D eigenvalue weighted by Crippen LogP contribution is -2.37. The number of nitrogens with one attached hydrogen (secondary N) is 2. The van der Waals surface area contributed by atoms with Crippen molar-refractivity contribution in [1.82, 2.24) is 24.7 Å². The number of nitrogen functional groups attached to an aromatic ring is 1. The smallest absolute Gasteiger partial charge is 0.416 e. The number of pyridine rings is 1. The van der Waals surface area contributed by atoms with E-state index in [-0.39, 0.29) is 29.2 Å². The maximum atomic E-state index is 13.0. The van der Waals surface area contributed by atoms with Crippen LogP contribution in [0.3, 0.4) is 0 Å². The van der Waals surface area contributed by atoms with Gasteiger partial charge in [0.2, 0.25) is 0 Å². The first-order valence-electron chi connectivity index (χ1n) is 12.2. The molecule has 10 nitrogen and oxygen atoms in total. The minimum Gasteiger partial charge on any atom is -0.465 e. The third-order valence-corrected chi connectivity index (χ3v) is 6.73. The number of nitrogens with zero attached hydrogens (tertiary/aromatic N) is 4. The lowest BCUT2D eigenvalue weighted by molar-refractivity contribution is -0.137. The number of benzene rings is 1. The first-order chi connectivity index (χ1) is 18.6. The average molecular weight is 540 g/mol. The standard InChI is InChI=1S/C26H24F3N7O3/c27-26(28,29)17-8-9-31-19(13-17)34-24(37)15-6-4-14(5-7-15)20-21-22(30)32-10-11-36(21)23(35-20)16-2-1-3-18(12-16)33-25(38)39/h4-11,13,16,18,33H,1-3,12H2,(H2,30,32)(H,38,39)(H,31,34,37)/t16-,18+/m1/s1. The van der Waals surface area contributed by atoms with Crippen LogP contribution in [0.25, 0.3) is 16.8 Å². The van der Waals surface area contributed by atoms with Crippen LogP contribution in [0.2, 0.25) is 0 Å². The number of anilines is 2. The van der Waals surface area contributed by atoms with Gasteiger partial charge in [-0.1, -0.05) is 18.6 Å². The van der Waals surface area contributed by atoms with Crippen molar-refractivity contribution in [3.05, 3.63) is 71.9 Å². The topological polar surface area (TPSA) is 148 Å². The predicted octanol–water partition coefficient (Wildman–Crippen LogP) is 4.94. The second-order valence-electron chi connectivity index (χ2n) is 9.32. The fourth-order valence-electron chi connectivity index (χ4n) is 4.95. The van der Waals surface area contributed by atoms with Crippen LogP contribution in [0.4, 0.5) is 29.6 Å². The summed E-state index contributed by atoms with van der Waals surface area (Å²) in [6.45, 7) is 0. The largest absolute Gasteiger partial charge is 0.465 e. The fraction of sp³-hybridized carbons (Fsp3) is 0.269. The van der Waals surface area contributed by atoms with Gasteiger partial charge in [-0.25, -0.2) is 19.7 Å². The highest BCUT2D eigenvalue weighted by atomic mass is 19.4. The normalized spacial score (nSPS) is 17.6. The van der Waals surface area contributed by atoms with E-state index in [0.717, 1.165) is 43.4 Å². The zero-order valence-electron chi connectivity index (χ0n) is 20.4. The van der Waals surface area contributed by atoms with E-state index in [4.69, 9.17) is 15.8 Å². The Morgan fingerprint density at radius 3 is 2.56 bits per heavy atom. The minimum atomic E-state index is -4.56. The van der Waals surface area contributed by atoms with Gasteiger partial charge in [-0.15, -0.1) is 0 Å². The Bertz CT molecular complexity index is 1540. The zero-order valence-corrected chi connectivity index (χ0v) is 20.4. The molecule has 5 N–H and O–H groups in total. The third-order valence-electron chi connectivity index (χ3n) is 6.73. The van der Waals surface area contributed by atoms with Crippen LogP contribution in [0, 0.1) is 0 Å². The van der Waals surface area contributed by atoms with Crippen LogP contribution in [0.5, 0.6) is 0 Å². The van der Waals surface area contributed by atoms with Crippen LogP contribution in [-0.2, 0) is 6.18 Å². The molecule has 2 amide bonds. The summed E-state index contributed by atoms with van der Waals surface area (Å²) in [5.74, 6) is 0.154. The molecule has 1 aromatic carbocycles. The Morgan fingerprint density at radius 2 is 1.85 bits per heavy atom. The lowest BCUT2D eigenvalue weighted by atomic mass is 9.85. The molecule has 3 aromatic heterocycles. The Balaban J connectivity index is 1.42. The molecule has 1 fully saturated rings. The van der Waals surface area contributed by atoms with Gasteiger partial charge in [0.15, 0.2) is 0 Å². The zero-order chi connectivity index (χ0) is 27.7. The van der Waals surface area contributed by atoms with Gasteiger partial charge in [0, 0.05) is 41.7 Å². The summed E-state index contributed by atoms with van der Waals surface area (Å²) in [5, 5.41) is 14.1. The fourth-order valence-corrected chi connectivity index (χ4v) is 4.95. The molecular formula is C26H24F3N7O3. The molecule has 2 atom stereocenters. The molecule has 0 bridgehead atoms. The van der Waals surface area contributed by atoms with E-state index in [0.29, 0.717) is 23.2 Å². The lowest BCUT2D eigenvalue weighted by Gasteiger charge is -2.28. The molecular weight excluding hydrogens is 515 g/mol. The highest BCUT2D eigenvalue weighted by molar-refractivity contribution is 6.04. The molecule has 0 spiro atoms. The molecule has 0 radical (unpaired) electrons. The second kappa shape index (κ2) is 10.2. The number of fused-ring (bicyclic) bond motifs is 1. The average Bonchev–Trinajstić information content (AvgIpc) is 3.29. The highest BCUT2D eigenvalue weighted by Crippen LogP contribution is 2.37. The van der Waals surface area contributed by atoms with Crippen LogP contribution in [0.15, 0.2) is 55.0 Å². The first-order valence-corrected chi connectivity index (χ1v) is 12.2. The summed E-state index contributed by atoms with van der Waals surface area (Å²) in [6.07, 6.45) is 1.71. The van der Waals surface area contributed by atoms with Crippen molar-refractivity contribution < 1.29 is 27.9 Å². The Morgan fingerprint density at radius 1 is 1.08 bits per heavy atom. The molecule has 0 saturated heterocycles. The van der Waals surface area contributed by atoms with Gasteiger partial charge in [0.1, 0.15) is 28.7 Å². The van der Waals surface area contributed by atoms with Gasteiger partial charge >= 0.3 is 12.3 Å². The highest BCUT2D eigenvalue weighted by Gasteiger charge is 2.31. The van der Waals surface area contributed by atoms with Crippen molar-refractivity contribution in [2.24, 2.45) is 0 Å². The van der Waals surface area contributed by atoms with Crippen LogP contribution in [-0.4, -0.2) is 42.5 Å². The van der Waals surface area contributed by atoms with Crippen molar-refractivity contribution in [1.29, 1.82) is 0 Å². The second-order valence-corrected chi connectivity index (χ2v) is 9.32. The van der Waals surface area contributed by atoms with Crippen molar-refractivity contribution in [2.45, 2.75) is 43.8 Å². The molecule has 1 aliphatic rings. The molecule has 0 unspecified atom stereocenters. The monoisotopic (exact) mass is 539 g/mol. The van der Waals surface area contributed by atoms with Crippen LogP contribution >= 0.6 is 0 Å². The molecule has 202 valence electrons. The molecule has 5 rings (SSSR count). The van der Waals surface area contributed by atoms with Gasteiger partial charge in [-0.2, -0.15) is 13.2 Å². The van der Waals surface area contributed by atoms with Crippen molar-refractivity contribution >= 4 is 29.2 Å². The number of carbonyl (C=O) groups is 2. The van der Waals surface area contributed by atoms with E-state index in [9.17, 15) is 22.8 Å². The quantitative estimate of drug-likeness (QED) is 0.281. The number of alkyl halides is 3. The maximum Gasteiger partial charge on any atom is 0.416 e. The summed E-state index contributed by atoms with van der Waals surface area (Å²) in [6, 6.07) is 7.81. The Kier molecular flexibility index (Phi) is 6.81. The number of imidazole rings is 1. The maximum absolute atomic E-state index is 13.0. The molecule has 13 heteroatoms. The van der Waals surface area contributed by atoms with Crippen LogP contribution < -0.4 is 16.4 Å². The van der Waals surface area contributed by atoms with Gasteiger partial charge in [0.05, 0.1) is 5.56 Å². The minimum absolute atomic E-state index is 0.0105. The summed E-state index contributed by atoms with van der Waals surface area (Å²) < 4.78 is 40.8. The Labute approximate surface area is 220 Å². The number of rotatable bonds is 5. The number of aromatic nitrogens is 4. The van der Waals surface area contributed by atoms with Crippen molar-refractivity contribution in [3.8, 4) is 11.3 Å². The van der Waals surface area contributed by atoms with E-state index in [1.54, 1.807) is 24.5 Å². The van der Waals surface area contributed by atoms with Crippen molar-refractivity contribution in [3.63, 3.8) is 0 Å². The number of hydrogen-bond acceptors (Lipinski definition) is 6. The molecule has 1 aliphatic carbocycles. The van der Waals surface area contributed by atoms with Gasteiger partial charge in [0.25, 0.3) is 5.91 Å². The summed E-state index contributed by atoms with van der Waals surface area (Å²) >= 11 is 0. The number of nitrogens with two attached hydrogens (primary N) is 1. The number of amides is 2.